The molecular formula is C21H25NO3. The van der Waals surface area contributed by atoms with Gasteiger partial charge in [0.25, 0.3) is 0 Å². The van der Waals surface area contributed by atoms with Gasteiger partial charge in [-0.15, -0.1) is 0 Å². The van der Waals surface area contributed by atoms with Crippen LogP contribution in [-0.4, -0.2) is 25.2 Å². The molecule has 0 aromatic heterocycles. The van der Waals surface area contributed by atoms with Crippen molar-refractivity contribution in [3.63, 3.8) is 0 Å². The molecule has 0 spiro atoms. The predicted molar refractivity (Wildman–Crippen MR) is 98.9 cm³/mol. The van der Waals surface area contributed by atoms with Crippen molar-refractivity contribution in [1.29, 1.82) is 0 Å². The quantitative estimate of drug-likeness (QED) is 0.633. The summed E-state index contributed by atoms with van der Waals surface area (Å²) < 4.78 is 11.2. The van der Waals surface area contributed by atoms with Crippen LogP contribution in [0.3, 0.4) is 0 Å². The molecule has 1 unspecified atom stereocenters. The summed E-state index contributed by atoms with van der Waals surface area (Å²) >= 11 is 0. The molecule has 0 radical (unpaired) electrons. The third-order valence-electron chi connectivity index (χ3n) is 4.40. The Labute approximate surface area is 149 Å². The van der Waals surface area contributed by atoms with Crippen LogP contribution >= 0.6 is 0 Å². The van der Waals surface area contributed by atoms with Crippen molar-refractivity contribution in [3.8, 4) is 22.6 Å². The van der Waals surface area contributed by atoms with E-state index >= 15 is 0 Å². The lowest BCUT2D eigenvalue weighted by atomic mass is 10.0. The van der Waals surface area contributed by atoms with Crippen molar-refractivity contribution in [2.75, 3.05) is 13.2 Å². The van der Waals surface area contributed by atoms with Gasteiger partial charge in [-0.25, -0.2) is 0 Å². The zero-order valence-corrected chi connectivity index (χ0v) is 14.7. The SMILES string of the molecule is CC(=O)Oc1cc(OCCC2CCCCN2)cc(-c2ccccc2)c1. The summed E-state index contributed by atoms with van der Waals surface area (Å²) in [5.41, 5.74) is 2.04. The first-order valence-electron chi connectivity index (χ1n) is 8.96. The number of esters is 1. The van der Waals surface area contributed by atoms with E-state index in [1.165, 1.54) is 26.2 Å². The minimum absolute atomic E-state index is 0.331. The summed E-state index contributed by atoms with van der Waals surface area (Å²) in [6.45, 7) is 3.16. The highest BCUT2D eigenvalue weighted by molar-refractivity contribution is 5.72. The second kappa shape index (κ2) is 8.67. The molecule has 0 bridgehead atoms. The van der Waals surface area contributed by atoms with Crippen LogP contribution in [-0.2, 0) is 4.79 Å². The lowest BCUT2D eigenvalue weighted by Crippen LogP contribution is -2.35. The minimum atomic E-state index is -0.331. The van der Waals surface area contributed by atoms with Crippen LogP contribution in [0.25, 0.3) is 11.1 Å². The Balaban J connectivity index is 1.71. The van der Waals surface area contributed by atoms with Crippen molar-refractivity contribution in [2.24, 2.45) is 0 Å². The van der Waals surface area contributed by atoms with E-state index in [2.05, 4.69) is 5.32 Å². The van der Waals surface area contributed by atoms with Gasteiger partial charge in [0.15, 0.2) is 0 Å². The van der Waals surface area contributed by atoms with Crippen molar-refractivity contribution < 1.29 is 14.3 Å². The van der Waals surface area contributed by atoms with Crippen LogP contribution in [0.5, 0.6) is 11.5 Å². The second-order valence-electron chi connectivity index (χ2n) is 6.44. The van der Waals surface area contributed by atoms with E-state index in [-0.39, 0.29) is 5.97 Å². The molecule has 132 valence electrons. The van der Waals surface area contributed by atoms with E-state index in [0.717, 1.165) is 29.8 Å². The lowest BCUT2D eigenvalue weighted by Gasteiger charge is -2.23. The highest BCUT2D eigenvalue weighted by Crippen LogP contribution is 2.30. The number of hydrogen-bond donors (Lipinski definition) is 1. The van der Waals surface area contributed by atoms with Crippen LogP contribution in [0.2, 0.25) is 0 Å². The lowest BCUT2D eigenvalue weighted by molar-refractivity contribution is -0.131. The van der Waals surface area contributed by atoms with Crippen molar-refractivity contribution in [1.82, 2.24) is 5.32 Å². The van der Waals surface area contributed by atoms with Gasteiger partial charge in [0.1, 0.15) is 11.5 Å². The molecule has 1 atom stereocenters. The Morgan fingerprint density at radius 3 is 2.60 bits per heavy atom. The molecule has 1 N–H and O–H groups in total. The fraction of sp³-hybridized carbons (Fsp3) is 0.381. The van der Waals surface area contributed by atoms with Crippen molar-refractivity contribution >= 4 is 5.97 Å². The molecule has 0 aliphatic carbocycles. The number of benzene rings is 2. The zero-order chi connectivity index (χ0) is 17.5. The average molecular weight is 339 g/mol. The zero-order valence-electron chi connectivity index (χ0n) is 14.7. The van der Waals surface area contributed by atoms with Gasteiger partial charge in [0.05, 0.1) is 6.61 Å². The first kappa shape index (κ1) is 17.5. The first-order chi connectivity index (χ1) is 12.2. The summed E-state index contributed by atoms with van der Waals surface area (Å²) in [5.74, 6) is 0.913. The minimum Gasteiger partial charge on any atom is -0.493 e. The van der Waals surface area contributed by atoms with E-state index < -0.39 is 0 Å². The molecular weight excluding hydrogens is 314 g/mol. The fourth-order valence-corrected chi connectivity index (χ4v) is 3.17. The number of nitrogens with one attached hydrogen (secondary N) is 1. The van der Waals surface area contributed by atoms with Crippen LogP contribution < -0.4 is 14.8 Å². The summed E-state index contributed by atoms with van der Waals surface area (Å²) in [7, 11) is 0. The fourth-order valence-electron chi connectivity index (χ4n) is 3.17. The van der Waals surface area contributed by atoms with Gasteiger partial charge in [-0.1, -0.05) is 36.8 Å². The van der Waals surface area contributed by atoms with Crippen molar-refractivity contribution in [2.45, 2.75) is 38.6 Å². The Hall–Kier alpha value is -2.33. The highest BCUT2D eigenvalue weighted by Gasteiger charge is 2.13. The maximum absolute atomic E-state index is 11.3. The monoisotopic (exact) mass is 339 g/mol. The molecule has 1 fully saturated rings. The molecule has 25 heavy (non-hydrogen) atoms. The van der Waals surface area contributed by atoms with Crippen LogP contribution in [0.15, 0.2) is 48.5 Å². The Kier molecular flexibility index (Phi) is 6.07. The molecule has 4 nitrogen and oxygen atoms in total. The van der Waals surface area contributed by atoms with E-state index in [1.807, 2.05) is 42.5 Å². The van der Waals surface area contributed by atoms with E-state index in [1.54, 1.807) is 6.07 Å². The van der Waals surface area contributed by atoms with E-state index in [9.17, 15) is 4.79 Å². The van der Waals surface area contributed by atoms with E-state index in [0.29, 0.717) is 18.4 Å². The van der Waals surface area contributed by atoms with Gasteiger partial charge in [-0.05, 0) is 49.1 Å². The van der Waals surface area contributed by atoms with Crippen LogP contribution in [0.1, 0.15) is 32.6 Å². The molecule has 3 rings (SSSR count). The third-order valence-corrected chi connectivity index (χ3v) is 4.40. The molecule has 0 amide bonds. The number of ether oxygens (including phenoxy) is 2. The molecule has 2 aromatic rings. The maximum atomic E-state index is 11.3. The number of carbonyl (C=O) groups excluding carboxylic acids is 1. The number of hydrogen-bond acceptors (Lipinski definition) is 4. The van der Waals surface area contributed by atoms with Gasteiger partial charge in [0, 0.05) is 19.0 Å². The normalized spacial score (nSPS) is 17.1. The number of piperidine rings is 1. The van der Waals surface area contributed by atoms with Crippen LogP contribution in [0, 0.1) is 0 Å². The Bertz CT molecular complexity index is 694. The Morgan fingerprint density at radius 2 is 1.88 bits per heavy atom. The summed E-state index contributed by atoms with van der Waals surface area (Å²) in [6, 6.07) is 16.2. The van der Waals surface area contributed by atoms with Gasteiger partial charge in [-0.3, -0.25) is 4.79 Å². The topological polar surface area (TPSA) is 47.6 Å². The second-order valence-corrected chi connectivity index (χ2v) is 6.44. The van der Waals surface area contributed by atoms with Crippen molar-refractivity contribution in [3.05, 3.63) is 48.5 Å². The summed E-state index contributed by atoms with van der Waals surface area (Å²) in [4.78, 5) is 11.3. The maximum Gasteiger partial charge on any atom is 0.308 e. The Morgan fingerprint density at radius 1 is 1.08 bits per heavy atom. The van der Waals surface area contributed by atoms with Gasteiger partial charge in [-0.2, -0.15) is 0 Å². The predicted octanol–water partition coefficient (Wildman–Crippen LogP) is 4.19. The van der Waals surface area contributed by atoms with E-state index in [4.69, 9.17) is 9.47 Å². The molecule has 0 saturated carbocycles. The highest BCUT2D eigenvalue weighted by atomic mass is 16.5. The third kappa shape index (κ3) is 5.33. The smallest absolute Gasteiger partial charge is 0.308 e. The van der Waals surface area contributed by atoms with Gasteiger partial charge in [0.2, 0.25) is 0 Å². The summed E-state index contributed by atoms with van der Waals surface area (Å²) in [5, 5.41) is 3.53. The molecule has 1 aliphatic rings. The summed E-state index contributed by atoms with van der Waals surface area (Å²) in [6.07, 6.45) is 4.75. The molecule has 1 saturated heterocycles. The average Bonchev–Trinajstić information content (AvgIpc) is 2.63. The molecule has 4 heteroatoms. The van der Waals surface area contributed by atoms with Gasteiger partial charge < -0.3 is 14.8 Å². The largest absolute Gasteiger partial charge is 0.493 e. The van der Waals surface area contributed by atoms with Crippen LogP contribution in [0.4, 0.5) is 0 Å². The standard InChI is InChI=1S/C21H25NO3/c1-16(23)25-21-14-18(17-7-3-2-4-8-17)13-20(15-21)24-12-10-19-9-5-6-11-22-19/h2-4,7-8,13-15,19,22H,5-6,9-12H2,1H3. The molecule has 2 aromatic carbocycles. The molecule has 1 aliphatic heterocycles. The molecule has 1 heterocycles. The number of carbonyl (C=O) groups is 1. The van der Waals surface area contributed by atoms with Gasteiger partial charge >= 0.3 is 5.97 Å². The number of rotatable bonds is 6. The first-order valence-corrected chi connectivity index (χ1v) is 8.96.